The molecule has 0 saturated carbocycles. The summed E-state index contributed by atoms with van der Waals surface area (Å²) in [7, 11) is 3.25. The molecule has 0 aliphatic rings. The van der Waals surface area contributed by atoms with Crippen LogP contribution < -0.4 is 9.47 Å². The summed E-state index contributed by atoms with van der Waals surface area (Å²) in [6, 6.07) is 9.90. The van der Waals surface area contributed by atoms with E-state index in [0.29, 0.717) is 5.88 Å². The average molecular weight is 262 g/mol. The molecule has 4 nitrogen and oxygen atoms in total. The van der Waals surface area contributed by atoms with E-state index in [0.717, 1.165) is 16.4 Å². The molecule has 18 heavy (non-hydrogen) atoms. The Kier molecular flexibility index (Phi) is 4.41. The summed E-state index contributed by atoms with van der Waals surface area (Å²) in [5.41, 5.74) is 1.23. The number of hydrogen-bond acceptors (Lipinski definition) is 5. The lowest BCUT2D eigenvalue weighted by Crippen LogP contribution is -1.90. The number of aromatic nitrogens is 2. The highest BCUT2D eigenvalue weighted by molar-refractivity contribution is 7.98. The highest BCUT2D eigenvalue weighted by Crippen LogP contribution is 2.24. The van der Waals surface area contributed by atoms with Crippen LogP contribution in [0.15, 0.2) is 41.4 Å². The Morgan fingerprint density at radius 1 is 1.11 bits per heavy atom. The fraction of sp³-hybridized carbons (Fsp3) is 0.231. The molecular formula is C13H14N2O2S. The van der Waals surface area contributed by atoms with Crippen molar-refractivity contribution in [3.63, 3.8) is 0 Å². The van der Waals surface area contributed by atoms with Crippen LogP contribution in [0.1, 0.15) is 5.56 Å². The minimum absolute atomic E-state index is 0.537. The Labute approximate surface area is 110 Å². The summed E-state index contributed by atoms with van der Waals surface area (Å²) < 4.78 is 10.2. The van der Waals surface area contributed by atoms with Crippen molar-refractivity contribution >= 4 is 11.8 Å². The van der Waals surface area contributed by atoms with Crippen molar-refractivity contribution in [2.24, 2.45) is 0 Å². The lowest BCUT2D eigenvalue weighted by Gasteiger charge is -2.04. The first-order valence-electron chi connectivity index (χ1n) is 5.44. The second kappa shape index (κ2) is 6.26. The number of hydrogen-bond donors (Lipinski definition) is 0. The zero-order valence-corrected chi connectivity index (χ0v) is 11.1. The fourth-order valence-electron chi connectivity index (χ4n) is 1.40. The Morgan fingerprint density at radius 3 is 2.56 bits per heavy atom. The molecule has 94 valence electrons. The Balaban J connectivity index is 1.97. The van der Waals surface area contributed by atoms with E-state index in [-0.39, 0.29) is 0 Å². The van der Waals surface area contributed by atoms with Crippen LogP contribution in [0.3, 0.4) is 0 Å². The standard InChI is InChI=1S/C13H14N2O2S/c1-16-11-5-3-10(4-6-11)9-18-12-7-13(17-2)15-14-8-12/h3-8H,9H2,1-2H3. The van der Waals surface area contributed by atoms with Crippen LogP contribution >= 0.6 is 11.8 Å². The molecule has 0 saturated heterocycles. The summed E-state index contributed by atoms with van der Waals surface area (Å²) in [6.45, 7) is 0. The van der Waals surface area contributed by atoms with Gasteiger partial charge in [-0.3, -0.25) is 0 Å². The minimum atomic E-state index is 0.537. The van der Waals surface area contributed by atoms with E-state index in [1.165, 1.54) is 5.56 Å². The van der Waals surface area contributed by atoms with E-state index in [1.54, 1.807) is 32.2 Å². The first-order valence-corrected chi connectivity index (χ1v) is 6.43. The van der Waals surface area contributed by atoms with E-state index in [9.17, 15) is 0 Å². The zero-order valence-electron chi connectivity index (χ0n) is 10.3. The lowest BCUT2D eigenvalue weighted by atomic mass is 10.2. The lowest BCUT2D eigenvalue weighted by molar-refractivity contribution is 0.390. The molecule has 1 aromatic carbocycles. The van der Waals surface area contributed by atoms with Gasteiger partial charge in [-0.2, -0.15) is 5.10 Å². The molecule has 0 unspecified atom stereocenters. The van der Waals surface area contributed by atoms with Crippen molar-refractivity contribution in [2.75, 3.05) is 14.2 Å². The molecule has 2 aromatic rings. The van der Waals surface area contributed by atoms with Gasteiger partial charge in [-0.1, -0.05) is 12.1 Å². The van der Waals surface area contributed by atoms with Gasteiger partial charge in [0.05, 0.1) is 20.4 Å². The van der Waals surface area contributed by atoms with Crippen molar-refractivity contribution in [3.05, 3.63) is 42.1 Å². The summed E-state index contributed by atoms with van der Waals surface area (Å²) in [5, 5.41) is 7.71. The SMILES string of the molecule is COc1ccc(CSc2cnnc(OC)c2)cc1. The topological polar surface area (TPSA) is 44.2 Å². The second-order valence-electron chi connectivity index (χ2n) is 3.57. The maximum absolute atomic E-state index is 5.12. The number of benzene rings is 1. The number of nitrogens with zero attached hydrogens (tertiary/aromatic N) is 2. The molecule has 0 aliphatic carbocycles. The molecule has 0 N–H and O–H groups in total. The maximum atomic E-state index is 5.12. The van der Waals surface area contributed by atoms with Crippen LogP contribution in [0.2, 0.25) is 0 Å². The van der Waals surface area contributed by atoms with Gasteiger partial charge in [0.15, 0.2) is 0 Å². The Morgan fingerprint density at radius 2 is 1.89 bits per heavy atom. The van der Waals surface area contributed by atoms with Crippen molar-refractivity contribution in [2.45, 2.75) is 10.6 Å². The van der Waals surface area contributed by atoms with Crippen molar-refractivity contribution in [3.8, 4) is 11.6 Å². The highest BCUT2D eigenvalue weighted by atomic mass is 32.2. The zero-order chi connectivity index (χ0) is 12.8. The number of rotatable bonds is 5. The van der Waals surface area contributed by atoms with Gasteiger partial charge in [0, 0.05) is 16.7 Å². The number of thioether (sulfide) groups is 1. The molecule has 1 heterocycles. The summed E-state index contributed by atoms with van der Waals surface area (Å²) in [6.07, 6.45) is 1.73. The molecule has 0 fully saturated rings. The molecule has 1 aromatic heterocycles. The van der Waals surface area contributed by atoms with Gasteiger partial charge in [-0.15, -0.1) is 16.9 Å². The first kappa shape index (κ1) is 12.7. The second-order valence-corrected chi connectivity index (χ2v) is 4.62. The van der Waals surface area contributed by atoms with Gasteiger partial charge < -0.3 is 9.47 Å². The Hall–Kier alpha value is -1.75. The molecule has 0 aliphatic heterocycles. The van der Waals surface area contributed by atoms with Crippen molar-refractivity contribution < 1.29 is 9.47 Å². The van der Waals surface area contributed by atoms with Gasteiger partial charge in [0.25, 0.3) is 0 Å². The summed E-state index contributed by atoms with van der Waals surface area (Å²) >= 11 is 1.69. The van der Waals surface area contributed by atoms with Gasteiger partial charge in [-0.25, -0.2) is 0 Å². The minimum Gasteiger partial charge on any atom is -0.497 e. The van der Waals surface area contributed by atoms with E-state index in [2.05, 4.69) is 22.3 Å². The molecule has 0 atom stereocenters. The molecule has 0 spiro atoms. The highest BCUT2D eigenvalue weighted by Gasteiger charge is 2.00. The number of methoxy groups -OCH3 is 2. The van der Waals surface area contributed by atoms with Gasteiger partial charge in [-0.05, 0) is 17.7 Å². The summed E-state index contributed by atoms with van der Waals surface area (Å²) in [4.78, 5) is 1.04. The summed E-state index contributed by atoms with van der Waals surface area (Å²) in [5.74, 6) is 2.28. The number of ether oxygens (including phenoxy) is 2. The molecule has 5 heteroatoms. The van der Waals surface area contributed by atoms with Crippen LogP contribution in [0.25, 0.3) is 0 Å². The van der Waals surface area contributed by atoms with Gasteiger partial charge in [0.2, 0.25) is 5.88 Å². The largest absolute Gasteiger partial charge is 0.497 e. The van der Waals surface area contributed by atoms with Crippen LogP contribution in [-0.4, -0.2) is 24.4 Å². The van der Waals surface area contributed by atoms with Gasteiger partial charge >= 0.3 is 0 Å². The molecular weight excluding hydrogens is 248 g/mol. The van der Waals surface area contributed by atoms with E-state index >= 15 is 0 Å². The quantitative estimate of drug-likeness (QED) is 0.775. The van der Waals surface area contributed by atoms with Gasteiger partial charge in [0.1, 0.15) is 5.75 Å². The predicted octanol–water partition coefficient (Wildman–Crippen LogP) is 2.79. The molecule has 0 amide bonds. The average Bonchev–Trinajstić information content (AvgIpc) is 2.46. The predicted molar refractivity (Wildman–Crippen MR) is 71.1 cm³/mol. The van der Waals surface area contributed by atoms with E-state index < -0.39 is 0 Å². The normalized spacial score (nSPS) is 10.1. The monoisotopic (exact) mass is 262 g/mol. The Bertz CT molecular complexity index is 503. The van der Waals surface area contributed by atoms with Crippen LogP contribution in [-0.2, 0) is 5.75 Å². The third-order valence-corrected chi connectivity index (χ3v) is 3.41. The van der Waals surface area contributed by atoms with Crippen molar-refractivity contribution in [1.82, 2.24) is 10.2 Å². The molecule has 2 rings (SSSR count). The molecule has 0 radical (unpaired) electrons. The fourth-order valence-corrected chi connectivity index (χ4v) is 2.23. The maximum Gasteiger partial charge on any atom is 0.234 e. The first-order chi connectivity index (χ1) is 8.81. The van der Waals surface area contributed by atoms with E-state index in [4.69, 9.17) is 9.47 Å². The van der Waals surface area contributed by atoms with Crippen LogP contribution in [0.4, 0.5) is 0 Å². The third-order valence-electron chi connectivity index (χ3n) is 2.38. The van der Waals surface area contributed by atoms with Crippen LogP contribution in [0.5, 0.6) is 11.6 Å². The molecule has 0 bridgehead atoms. The smallest absolute Gasteiger partial charge is 0.234 e. The van der Waals surface area contributed by atoms with Crippen LogP contribution in [0, 0.1) is 0 Å². The van der Waals surface area contributed by atoms with E-state index in [1.807, 2.05) is 18.2 Å². The third kappa shape index (κ3) is 3.37. The van der Waals surface area contributed by atoms with Crippen molar-refractivity contribution in [1.29, 1.82) is 0 Å².